The number of hydrogen-bond acceptors (Lipinski definition) is 3. The Kier molecular flexibility index (Phi) is 4.82. The Morgan fingerprint density at radius 2 is 1.95 bits per heavy atom. The van der Waals surface area contributed by atoms with Crippen LogP contribution in [0.25, 0.3) is 0 Å². The van der Waals surface area contributed by atoms with Gasteiger partial charge >= 0.3 is 0 Å². The van der Waals surface area contributed by atoms with Crippen molar-refractivity contribution in [2.24, 2.45) is 0 Å². The maximum Gasteiger partial charge on any atom is 0.265 e. The number of carbonyl (C=O) groups excluding carboxylic acids is 1. The first-order valence-electron chi connectivity index (χ1n) is 7.00. The molecule has 1 amide bonds. The Hall–Kier alpha value is -2.49. The normalized spacial score (nSPS) is 11.7. The summed E-state index contributed by atoms with van der Waals surface area (Å²) in [5.41, 5.74) is 8.19. The topological polar surface area (TPSA) is 64.3 Å². The van der Waals surface area contributed by atoms with Crippen molar-refractivity contribution < 1.29 is 9.53 Å². The van der Waals surface area contributed by atoms with Gasteiger partial charge in [-0.3, -0.25) is 4.79 Å². The third-order valence-electron chi connectivity index (χ3n) is 3.17. The first kappa shape index (κ1) is 14.9. The van der Waals surface area contributed by atoms with Gasteiger partial charge < -0.3 is 15.8 Å². The second-order valence-corrected chi connectivity index (χ2v) is 4.87. The summed E-state index contributed by atoms with van der Waals surface area (Å²) in [5, 5.41) is 2.78. The number of carbonyl (C=O) groups is 1. The average Bonchev–Trinajstić information content (AvgIpc) is 2.48. The van der Waals surface area contributed by atoms with E-state index in [-0.39, 0.29) is 5.91 Å². The zero-order valence-electron chi connectivity index (χ0n) is 12.3. The van der Waals surface area contributed by atoms with E-state index in [2.05, 4.69) is 12.2 Å². The van der Waals surface area contributed by atoms with Crippen molar-refractivity contribution in [3.8, 4) is 5.75 Å². The van der Waals surface area contributed by atoms with Crippen LogP contribution < -0.4 is 15.8 Å². The number of aryl methyl sites for hydroxylation is 1. The number of benzene rings is 2. The van der Waals surface area contributed by atoms with Gasteiger partial charge in [-0.25, -0.2) is 0 Å². The van der Waals surface area contributed by atoms with Crippen molar-refractivity contribution in [1.29, 1.82) is 0 Å². The van der Waals surface area contributed by atoms with Gasteiger partial charge in [0, 0.05) is 11.4 Å². The number of nitrogen functional groups attached to an aromatic ring is 1. The monoisotopic (exact) mass is 284 g/mol. The predicted octanol–water partition coefficient (Wildman–Crippen LogP) is 3.24. The van der Waals surface area contributed by atoms with Crippen molar-refractivity contribution in [3.05, 3.63) is 54.1 Å². The van der Waals surface area contributed by atoms with E-state index in [4.69, 9.17) is 10.5 Å². The Labute approximate surface area is 124 Å². The molecule has 0 heterocycles. The molecular formula is C17H20N2O2. The van der Waals surface area contributed by atoms with E-state index in [1.807, 2.05) is 24.3 Å². The Bertz CT molecular complexity index is 608. The van der Waals surface area contributed by atoms with Gasteiger partial charge in [0.1, 0.15) is 5.75 Å². The molecule has 0 bridgehead atoms. The Morgan fingerprint density at radius 3 is 2.57 bits per heavy atom. The van der Waals surface area contributed by atoms with Crippen LogP contribution in [-0.2, 0) is 11.2 Å². The van der Waals surface area contributed by atoms with Crippen LogP contribution in [0.15, 0.2) is 48.5 Å². The molecule has 1 atom stereocenters. The quantitative estimate of drug-likeness (QED) is 0.828. The van der Waals surface area contributed by atoms with Gasteiger partial charge in [0.15, 0.2) is 6.10 Å². The molecule has 2 aromatic rings. The molecule has 0 spiro atoms. The summed E-state index contributed by atoms with van der Waals surface area (Å²) in [6.45, 7) is 3.81. The fourth-order valence-electron chi connectivity index (χ4n) is 1.92. The molecule has 0 radical (unpaired) electrons. The van der Waals surface area contributed by atoms with Crippen LogP contribution in [0, 0.1) is 0 Å². The largest absolute Gasteiger partial charge is 0.481 e. The van der Waals surface area contributed by atoms with E-state index in [1.54, 1.807) is 31.2 Å². The zero-order chi connectivity index (χ0) is 15.2. The highest BCUT2D eigenvalue weighted by molar-refractivity contribution is 5.94. The Morgan fingerprint density at radius 1 is 1.24 bits per heavy atom. The molecule has 0 aromatic heterocycles. The smallest absolute Gasteiger partial charge is 0.265 e. The molecule has 0 fully saturated rings. The lowest BCUT2D eigenvalue weighted by Gasteiger charge is -2.15. The molecule has 4 heteroatoms. The van der Waals surface area contributed by atoms with E-state index >= 15 is 0 Å². The molecule has 3 N–H and O–H groups in total. The lowest BCUT2D eigenvalue weighted by Crippen LogP contribution is -2.30. The molecule has 0 aliphatic rings. The van der Waals surface area contributed by atoms with Crippen LogP contribution in [0.1, 0.15) is 19.4 Å². The lowest BCUT2D eigenvalue weighted by atomic mass is 10.2. The van der Waals surface area contributed by atoms with Gasteiger partial charge in [0.25, 0.3) is 5.91 Å². The first-order valence-corrected chi connectivity index (χ1v) is 7.00. The van der Waals surface area contributed by atoms with E-state index in [0.717, 1.165) is 6.42 Å². The summed E-state index contributed by atoms with van der Waals surface area (Å²) in [4.78, 5) is 12.1. The van der Waals surface area contributed by atoms with Crippen molar-refractivity contribution in [3.63, 3.8) is 0 Å². The summed E-state index contributed by atoms with van der Waals surface area (Å²) < 4.78 is 5.63. The molecule has 2 rings (SSSR count). The van der Waals surface area contributed by atoms with E-state index in [9.17, 15) is 4.79 Å². The fraction of sp³-hybridized carbons (Fsp3) is 0.235. The number of amides is 1. The molecule has 110 valence electrons. The summed E-state index contributed by atoms with van der Waals surface area (Å²) in [6, 6.07) is 14.8. The maximum atomic E-state index is 12.1. The summed E-state index contributed by atoms with van der Waals surface area (Å²) in [5.74, 6) is 0.475. The van der Waals surface area contributed by atoms with Crippen LogP contribution in [0.5, 0.6) is 5.75 Å². The zero-order valence-corrected chi connectivity index (χ0v) is 12.3. The van der Waals surface area contributed by atoms with Crippen LogP contribution in [-0.4, -0.2) is 12.0 Å². The molecule has 0 aliphatic carbocycles. The lowest BCUT2D eigenvalue weighted by molar-refractivity contribution is -0.122. The van der Waals surface area contributed by atoms with Gasteiger partial charge in [-0.1, -0.05) is 25.1 Å². The van der Waals surface area contributed by atoms with Crippen LogP contribution in [0.3, 0.4) is 0 Å². The number of anilines is 2. The standard InChI is InChI=1S/C17H20N2O2/c1-3-13-7-9-16(10-8-13)21-12(2)17(20)19-15-6-4-5-14(18)11-15/h4-12H,3,18H2,1-2H3,(H,19,20)/t12-/m0/s1. The third kappa shape index (κ3) is 4.24. The third-order valence-corrected chi connectivity index (χ3v) is 3.17. The highest BCUT2D eigenvalue weighted by Gasteiger charge is 2.14. The van der Waals surface area contributed by atoms with Crippen molar-refractivity contribution in [2.75, 3.05) is 11.1 Å². The van der Waals surface area contributed by atoms with E-state index < -0.39 is 6.10 Å². The predicted molar refractivity (Wildman–Crippen MR) is 85.4 cm³/mol. The fourth-order valence-corrected chi connectivity index (χ4v) is 1.92. The summed E-state index contributed by atoms with van der Waals surface area (Å²) in [6.07, 6.45) is 0.394. The number of ether oxygens (including phenoxy) is 1. The molecule has 0 aliphatic heterocycles. The molecule has 0 saturated heterocycles. The minimum Gasteiger partial charge on any atom is -0.481 e. The second-order valence-electron chi connectivity index (χ2n) is 4.87. The molecule has 0 unspecified atom stereocenters. The minimum absolute atomic E-state index is 0.208. The van der Waals surface area contributed by atoms with Crippen molar-refractivity contribution in [2.45, 2.75) is 26.4 Å². The number of nitrogens with two attached hydrogens (primary N) is 1. The molecule has 4 nitrogen and oxygen atoms in total. The van der Waals surface area contributed by atoms with Gasteiger partial charge in [-0.05, 0) is 49.2 Å². The van der Waals surface area contributed by atoms with Crippen molar-refractivity contribution >= 4 is 17.3 Å². The highest BCUT2D eigenvalue weighted by Crippen LogP contribution is 2.16. The average molecular weight is 284 g/mol. The number of nitrogens with one attached hydrogen (secondary N) is 1. The first-order chi connectivity index (χ1) is 10.1. The van der Waals surface area contributed by atoms with Gasteiger partial charge in [-0.15, -0.1) is 0 Å². The molecule has 2 aromatic carbocycles. The maximum absolute atomic E-state index is 12.1. The van der Waals surface area contributed by atoms with Crippen LogP contribution in [0.4, 0.5) is 11.4 Å². The van der Waals surface area contributed by atoms with Crippen LogP contribution >= 0.6 is 0 Å². The second kappa shape index (κ2) is 6.79. The summed E-state index contributed by atoms with van der Waals surface area (Å²) in [7, 11) is 0. The minimum atomic E-state index is -0.584. The molecule has 21 heavy (non-hydrogen) atoms. The highest BCUT2D eigenvalue weighted by atomic mass is 16.5. The molecule has 0 saturated carbocycles. The molecular weight excluding hydrogens is 264 g/mol. The SMILES string of the molecule is CCc1ccc(O[C@@H](C)C(=O)Nc2cccc(N)c2)cc1. The van der Waals surface area contributed by atoms with Crippen LogP contribution in [0.2, 0.25) is 0 Å². The van der Waals surface area contributed by atoms with Gasteiger partial charge in [0.05, 0.1) is 0 Å². The van der Waals surface area contributed by atoms with Crippen molar-refractivity contribution in [1.82, 2.24) is 0 Å². The number of hydrogen-bond donors (Lipinski definition) is 2. The van der Waals surface area contributed by atoms with Gasteiger partial charge in [-0.2, -0.15) is 0 Å². The summed E-state index contributed by atoms with van der Waals surface area (Å²) >= 11 is 0. The van der Waals surface area contributed by atoms with Gasteiger partial charge in [0.2, 0.25) is 0 Å². The Balaban J connectivity index is 1.95. The van der Waals surface area contributed by atoms with E-state index in [1.165, 1.54) is 5.56 Å². The van der Waals surface area contributed by atoms with E-state index in [0.29, 0.717) is 17.1 Å². The number of rotatable bonds is 5.